The van der Waals surface area contributed by atoms with E-state index < -0.39 is 0 Å². The van der Waals surface area contributed by atoms with Crippen molar-refractivity contribution in [2.75, 3.05) is 14.2 Å². The topological polar surface area (TPSA) is 42.2 Å². The van der Waals surface area contributed by atoms with Crippen LogP contribution >= 0.6 is 15.9 Å². The smallest absolute Gasteiger partial charge is 0.175 e. The SMILES string of the molecule is COc1c(Br)cc(C)c(CC#N)c1OC. The Morgan fingerprint density at radius 3 is 2.40 bits per heavy atom. The highest BCUT2D eigenvalue weighted by Gasteiger charge is 2.16. The van der Waals surface area contributed by atoms with Crippen LogP contribution in [0.2, 0.25) is 0 Å². The molecule has 0 atom stereocenters. The summed E-state index contributed by atoms with van der Waals surface area (Å²) in [6, 6.07) is 4.04. The van der Waals surface area contributed by atoms with Gasteiger partial charge in [-0.25, -0.2) is 0 Å². The number of hydrogen-bond donors (Lipinski definition) is 0. The molecule has 1 aromatic rings. The lowest BCUT2D eigenvalue weighted by Crippen LogP contribution is -1.99. The highest BCUT2D eigenvalue weighted by atomic mass is 79.9. The summed E-state index contributed by atoms with van der Waals surface area (Å²) in [5, 5.41) is 8.74. The van der Waals surface area contributed by atoms with Crippen molar-refractivity contribution in [3.05, 3.63) is 21.7 Å². The van der Waals surface area contributed by atoms with E-state index in [1.165, 1.54) is 0 Å². The first-order valence-electron chi connectivity index (χ1n) is 4.42. The summed E-state index contributed by atoms with van der Waals surface area (Å²) in [4.78, 5) is 0. The van der Waals surface area contributed by atoms with Gasteiger partial charge in [0, 0.05) is 5.56 Å². The van der Waals surface area contributed by atoms with Crippen LogP contribution in [0.15, 0.2) is 10.5 Å². The lowest BCUT2D eigenvalue weighted by atomic mass is 10.0. The van der Waals surface area contributed by atoms with Gasteiger partial charge >= 0.3 is 0 Å². The van der Waals surface area contributed by atoms with Crippen LogP contribution in [0.25, 0.3) is 0 Å². The number of aryl methyl sites for hydroxylation is 1. The second-order valence-electron chi connectivity index (χ2n) is 3.06. The molecule has 0 spiro atoms. The Morgan fingerprint density at radius 1 is 1.33 bits per heavy atom. The van der Waals surface area contributed by atoms with Crippen LogP contribution < -0.4 is 9.47 Å². The first-order chi connectivity index (χ1) is 7.15. The molecule has 0 aliphatic carbocycles. The molecule has 0 N–H and O–H groups in total. The predicted molar refractivity (Wildman–Crippen MR) is 61.3 cm³/mol. The van der Waals surface area contributed by atoms with Crippen molar-refractivity contribution < 1.29 is 9.47 Å². The van der Waals surface area contributed by atoms with E-state index in [0.717, 1.165) is 15.6 Å². The van der Waals surface area contributed by atoms with E-state index in [0.29, 0.717) is 17.9 Å². The van der Waals surface area contributed by atoms with Gasteiger partial charge in [-0.3, -0.25) is 0 Å². The van der Waals surface area contributed by atoms with Crippen LogP contribution in [0.3, 0.4) is 0 Å². The van der Waals surface area contributed by atoms with E-state index in [1.807, 2.05) is 13.0 Å². The van der Waals surface area contributed by atoms with Crippen LogP contribution in [0.4, 0.5) is 0 Å². The summed E-state index contributed by atoms with van der Waals surface area (Å²) in [6.07, 6.45) is 0.318. The summed E-state index contributed by atoms with van der Waals surface area (Å²) in [5.74, 6) is 1.26. The number of methoxy groups -OCH3 is 2. The number of rotatable bonds is 3. The number of benzene rings is 1. The Hall–Kier alpha value is -1.21. The van der Waals surface area contributed by atoms with E-state index in [-0.39, 0.29) is 0 Å². The molecule has 15 heavy (non-hydrogen) atoms. The number of nitriles is 1. The Labute approximate surface area is 97.7 Å². The number of ether oxygens (including phenoxy) is 2. The fraction of sp³-hybridized carbons (Fsp3) is 0.364. The number of nitrogens with zero attached hydrogens (tertiary/aromatic N) is 1. The molecule has 0 aliphatic rings. The molecule has 4 heteroatoms. The molecule has 0 saturated carbocycles. The van der Waals surface area contributed by atoms with Gasteiger partial charge in [0.25, 0.3) is 0 Å². The van der Waals surface area contributed by atoms with Gasteiger partial charge in [-0.1, -0.05) is 0 Å². The summed E-state index contributed by atoms with van der Waals surface area (Å²) in [5.41, 5.74) is 1.89. The molecule has 3 nitrogen and oxygen atoms in total. The molecule has 0 aliphatic heterocycles. The fourth-order valence-corrected chi connectivity index (χ4v) is 2.16. The third-order valence-electron chi connectivity index (χ3n) is 2.18. The van der Waals surface area contributed by atoms with Gasteiger partial charge in [-0.15, -0.1) is 0 Å². The van der Waals surface area contributed by atoms with Crippen LogP contribution in [0.1, 0.15) is 11.1 Å². The fourth-order valence-electron chi connectivity index (χ4n) is 1.47. The van der Waals surface area contributed by atoms with Crippen LogP contribution in [0.5, 0.6) is 11.5 Å². The molecular weight excluding hydrogens is 258 g/mol. The van der Waals surface area contributed by atoms with Crippen molar-refractivity contribution in [1.29, 1.82) is 5.26 Å². The maximum atomic E-state index is 8.74. The van der Waals surface area contributed by atoms with Gasteiger partial charge in [-0.05, 0) is 34.5 Å². The molecule has 0 saturated heterocycles. The van der Waals surface area contributed by atoms with Crippen molar-refractivity contribution >= 4 is 15.9 Å². The third-order valence-corrected chi connectivity index (χ3v) is 2.77. The third kappa shape index (κ3) is 2.24. The van der Waals surface area contributed by atoms with Gasteiger partial charge in [-0.2, -0.15) is 5.26 Å². The van der Waals surface area contributed by atoms with E-state index in [9.17, 15) is 0 Å². The maximum absolute atomic E-state index is 8.74. The van der Waals surface area contributed by atoms with Gasteiger partial charge in [0.2, 0.25) is 0 Å². The minimum absolute atomic E-state index is 0.318. The number of hydrogen-bond acceptors (Lipinski definition) is 3. The molecule has 80 valence electrons. The van der Waals surface area contributed by atoms with Crippen molar-refractivity contribution in [3.63, 3.8) is 0 Å². The summed E-state index contributed by atoms with van der Waals surface area (Å²) >= 11 is 3.40. The van der Waals surface area contributed by atoms with Crippen molar-refractivity contribution in [1.82, 2.24) is 0 Å². The van der Waals surface area contributed by atoms with E-state index >= 15 is 0 Å². The van der Waals surface area contributed by atoms with Crippen molar-refractivity contribution in [2.45, 2.75) is 13.3 Å². The van der Waals surface area contributed by atoms with E-state index in [1.54, 1.807) is 14.2 Å². The first kappa shape index (κ1) is 11.9. The van der Waals surface area contributed by atoms with Gasteiger partial charge in [0.15, 0.2) is 11.5 Å². The molecule has 0 bridgehead atoms. The van der Waals surface area contributed by atoms with Crippen LogP contribution in [-0.2, 0) is 6.42 Å². The second-order valence-corrected chi connectivity index (χ2v) is 3.91. The highest BCUT2D eigenvalue weighted by Crippen LogP contribution is 2.40. The molecule has 0 unspecified atom stereocenters. The summed E-state index contributed by atoms with van der Waals surface area (Å²) < 4.78 is 11.3. The summed E-state index contributed by atoms with van der Waals surface area (Å²) in [7, 11) is 3.15. The lowest BCUT2D eigenvalue weighted by molar-refractivity contribution is 0.350. The Kier molecular flexibility index (Phi) is 3.98. The zero-order valence-electron chi connectivity index (χ0n) is 8.93. The molecule has 0 amide bonds. The quantitative estimate of drug-likeness (QED) is 0.848. The largest absolute Gasteiger partial charge is 0.492 e. The lowest BCUT2D eigenvalue weighted by Gasteiger charge is -2.15. The molecule has 1 aromatic carbocycles. The van der Waals surface area contributed by atoms with Crippen molar-refractivity contribution in [3.8, 4) is 17.6 Å². The van der Waals surface area contributed by atoms with Gasteiger partial charge in [0.05, 0.1) is 31.2 Å². The molecule has 0 heterocycles. The average Bonchev–Trinajstić information content (AvgIpc) is 2.21. The minimum atomic E-state index is 0.318. The normalized spacial score (nSPS) is 9.53. The van der Waals surface area contributed by atoms with E-state index in [4.69, 9.17) is 14.7 Å². The number of halogens is 1. The first-order valence-corrected chi connectivity index (χ1v) is 5.21. The van der Waals surface area contributed by atoms with Gasteiger partial charge in [0.1, 0.15) is 0 Å². The minimum Gasteiger partial charge on any atom is -0.492 e. The monoisotopic (exact) mass is 269 g/mol. The maximum Gasteiger partial charge on any atom is 0.175 e. The summed E-state index contributed by atoms with van der Waals surface area (Å²) in [6.45, 7) is 1.94. The van der Waals surface area contributed by atoms with E-state index in [2.05, 4.69) is 22.0 Å². The molecular formula is C11H12BrNO2. The molecule has 0 aromatic heterocycles. The molecule has 1 rings (SSSR count). The predicted octanol–water partition coefficient (Wildman–Crippen LogP) is 2.84. The Balaban J connectivity index is 3.43. The highest BCUT2D eigenvalue weighted by molar-refractivity contribution is 9.10. The van der Waals surface area contributed by atoms with Crippen molar-refractivity contribution in [2.24, 2.45) is 0 Å². The Morgan fingerprint density at radius 2 is 1.93 bits per heavy atom. The molecule has 0 fully saturated rings. The average molecular weight is 270 g/mol. The Bertz CT molecular complexity index is 410. The van der Waals surface area contributed by atoms with Crippen LogP contribution in [-0.4, -0.2) is 14.2 Å². The van der Waals surface area contributed by atoms with Gasteiger partial charge < -0.3 is 9.47 Å². The molecule has 0 radical (unpaired) electrons. The zero-order valence-corrected chi connectivity index (χ0v) is 10.5. The zero-order chi connectivity index (χ0) is 11.4. The van der Waals surface area contributed by atoms with Crippen LogP contribution in [0, 0.1) is 18.3 Å². The standard InChI is InChI=1S/C11H12BrNO2/c1-7-6-9(12)11(15-3)10(14-2)8(7)4-5-13/h6H,4H2,1-3H3. The second kappa shape index (κ2) is 5.04.